The fraction of sp³-hybridized carbons (Fsp3) is 1.00. The standard InChI is InChI=1S/C27H44O4/c1-15-7-10-27(30-14-15)16(2)24-22(31-27)13-21-19-6-5-17-11-18(28)12-23(29)26(17,4)20(19)8-9-25(21,24)3/h15-24,28-29H,5-14H2,1-4H3/t15-,16+,17+,18-,19-,20+,21+,22+,23-,24+,25+,26+,27-/m1/s1. The van der Waals surface area contributed by atoms with Crippen molar-refractivity contribution in [3.8, 4) is 0 Å². The van der Waals surface area contributed by atoms with E-state index in [0.717, 1.165) is 19.4 Å². The monoisotopic (exact) mass is 432 g/mol. The fourth-order valence-corrected chi connectivity index (χ4v) is 10.3. The maximum atomic E-state index is 11.2. The lowest BCUT2D eigenvalue weighted by Crippen LogP contribution is -2.59. The fourth-order valence-electron chi connectivity index (χ4n) is 10.3. The van der Waals surface area contributed by atoms with Crippen LogP contribution in [-0.2, 0) is 9.47 Å². The van der Waals surface area contributed by atoms with Gasteiger partial charge < -0.3 is 19.7 Å². The summed E-state index contributed by atoms with van der Waals surface area (Å²) in [5.74, 6) is 3.89. The Morgan fingerprint density at radius 1 is 0.871 bits per heavy atom. The number of ether oxygens (including phenoxy) is 2. The quantitative estimate of drug-likeness (QED) is 0.579. The van der Waals surface area contributed by atoms with Crippen LogP contribution in [0, 0.1) is 52.3 Å². The molecule has 0 bridgehead atoms. The molecule has 0 amide bonds. The Morgan fingerprint density at radius 2 is 1.68 bits per heavy atom. The molecule has 176 valence electrons. The van der Waals surface area contributed by atoms with Gasteiger partial charge in [-0.3, -0.25) is 0 Å². The molecule has 4 nitrogen and oxygen atoms in total. The van der Waals surface area contributed by atoms with Gasteiger partial charge in [-0.1, -0.05) is 27.7 Å². The highest BCUT2D eigenvalue weighted by molar-refractivity contribution is 5.16. The summed E-state index contributed by atoms with van der Waals surface area (Å²) in [7, 11) is 0. The predicted molar refractivity (Wildman–Crippen MR) is 119 cm³/mol. The average Bonchev–Trinajstić information content (AvgIpc) is 3.16. The maximum absolute atomic E-state index is 11.2. The maximum Gasteiger partial charge on any atom is 0.171 e. The average molecular weight is 433 g/mol. The molecule has 1 spiro atoms. The number of aliphatic hydroxyl groups excluding tert-OH is 2. The highest BCUT2D eigenvalue weighted by Gasteiger charge is 2.69. The van der Waals surface area contributed by atoms with Crippen LogP contribution in [0.5, 0.6) is 0 Å². The molecule has 2 saturated heterocycles. The Labute approximate surface area is 188 Å². The van der Waals surface area contributed by atoms with E-state index in [2.05, 4.69) is 27.7 Å². The van der Waals surface area contributed by atoms with Gasteiger partial charge in [0.15, 0.2) is 5.79 Å². The van der Waals surface area contributed by atoms with E-state index >= 15 is 0 Å². The largest absolute Gasteiger partial charge is 0.393 e. The van der Waals surface area contributed by atoms with Crippen LogP contribution in [0.3, 0.4) is 0 Å². The van der Waals surface area contributed by atoms with Crippen LogP contribution in [0.1, 0.15) is 85.5 Å². The van der Waals surface area contributed by atoms with Gasteiger partial charge in [0.05, 0.1) is 24.9 Å². The highest BCUT2D eigenvalue weighted by atomic mass is 16.7. The van der Waals surface area contributed by atoms with Gasteiger partial charge in [0.2, 0.25) is 0 Å². The minimum atomic E-state index is -0.351. The second kappa shape index (κ2) is 6.93. The number of fused-ring (bicyclic) bond motifs is 7. The first kappa shape index (κ1) is 21.4. The number of aliphatic hydroxyl groups is 2. The van der Waals surface area contributed by atoms with Gasteiger partial charge in [-0.25, -0.2) is 0 Å². The molecule has 2 heterocycles. The van der Waals surface area contributed by atoms with Crippen LogP contribution >= 0.6 is 0 Å². The van der Waals surface area contributed by atoms with E-state index in [1.54, 1.807) is 0 Å². The minimum Gasteiger partial charge on any atom is -0.393 e. The first-order chi connectivity index (χ1) is 14.7. The number of hydrogen-bond donors (Lipinski definition) is 2. The Kier molecular flexibility index (Phi) is 4.78. The Bertz CT molecular complexity index is 716. The molecule has 13 atom stereocenters. The van der Waals surface area contributed by atoms with Gasteiger partial charge in [0, 0.05) is 12.3 Å². The molecule has 6 fully saturated rings. The molecular weight excluding hydrogens is 388 g/mol. The van der Waals surface area contributed by atoms with Crippen LogP contribution < -0.4 is 0 Å². The lowest BCUT2D eigenvalue weighted by atomic mass is 9.43. The second-order valence-corrected chi connectivity index (χ2v) is 13.2. The number of hydrogen-bond acceptors (Lipinski definition) is 4. The van der Waals surface area contributed by atoms with Crippen molar-refractivity contribution in [2.24, 2.45) is 52.3 Å². The summed E-state index contributed by atoms with van der Waals surface area (Å²) in [6.45, 7) is 10.5. The van der Waals surface area contributed by atoms with Crippen molar-refractivity contribution in [3.63, 3.8) is 0 Å². The summed E-state index contributed by atoms with van der Waals surface area (Å²) in [5, 5.41) is 21.5. The van der Waals surface area contributed by atoms with Crippen molar-refractivity contribution in [3.05, 3.63) is 0 Å². The van der Waals surface area contributed by atoms with Gasteiger partial charge in [-0.2, -0.15) is 0 Å². The lowest BCUT2D eigenvalue weighted by molar-refractivity contribution is -0.273. The van der Waals surface area contributed by atoms with E-state index in [1.807, 2.05) is 0 Å². The van der Waals surface area contributed by atoms with Crippen molar-refractivity contribution >= 4 is 0 Å². The van der Waals surface area contributed by atoms with Crippen molar-refractivity contribution < 1.29 is 19.7 Å². The SMILES string of the molecule is C[C@@H]1CC[C@@]2(OC1)O[C@H]1C[C@H]3[C@@H]4CC[C@H]5C[C@@H](O)C[C@@H](O)[C@]5(C)[C@H]4CC[C@]3(C)[C@H]1[C@@H]2C. The van der Waals surface area contributed by atoms with E-state index in [-0.39, 0.29) is 23.4 Å². The normalized spacial score (nSPS) is 63.3. The minimum absolute atomic E-state index is 0.0164. The van der Waals surface area contributed by atoms with E-state index in [9.17, 15) is 10.2 Å². The molecule has 2 N–H and O–H groups in total. The third-order valence-corrected chi connectivity index (χ3v) is 12.0. The summed E-state index contributed by atoms with van der Waals surface area (Å²) in [6.07, 6.45) is 9.56. The van der Waals surface area contributed by atoms with Crippen LogP contribution in [-0.4, -0.2) is 40.9 Å². The molecular formula is C27H44O4. The van der Waals surface area contributed by atoms with Crippen molar-refractivity contribution in [1.29, 1.82) is 0 Å². The van der Waals surface area contributed by atoms with Crippen molar-refractivity contribution in [2.45, 2.75) is 110 Å². The lowest BCUT2D eigenvalue weighted by Gasteiger charge is -2.62. The number of rotatable bonds is 0. The molecule has 0 aromatic rings. The topological polar surface area (TPSA) is 58.9 Å². The molecule has 2 aliphatic heterocycles. The first-order valence-corrected chi connectivity index (χ1v) is 13.4. The summed E-state index contributed by atoms with van der Waals surface area (Å²) < 4.78 is 13.3. The molecule has 0 aromatic heterocycles. The predicted octanol–water partition coefficient (Wildman–Crippen LogP) is 4.76. The van der Waals surface area contributed by atoms with Gasteiger partial charge >= 0.3 is 0 Å². The van der Waals surface area contributed by atoms with Crippen LogP contribution in [0.15, 0.2) is 0 Å². The Balaban J connectivity index is 1.27. The molecule has 31 heavy (non-hydrogen) atoms. The smallest absolute Gasteiger partial charge is 0.171 e. The van der Waals surface area contributed by atoms with Gasteiger partial charge in [0.25, 0.3) is 0 Å². The van der Waals surface area contributed by atoms with Crippen molar-refractivity contribution in [1.82, 2.24) is 0 Å². The third kappa shape index (κ3) is 2.74. The van der Waals surface area contributed by atoms with E-state index in [1.165, 1.54) is 38.5 Å². The molecule has 4 heteroatoms. The molecule has 0 unspecified atom stereocenters. The summed E-state index contributed by atoms with van der Waals surface area (Å²) in [5.41, 5.74) is 0.320. The Hall–Kier alpha value is -0.160. The third-order valence-electron chi connectivity index (χ3n) is 12.0. The van der Waals surface area contributed by atoms with Crippen molar-refractivity contribution in [2.75, 3.05) is 6.61 Å². The zero-order chi connectivity index (χ0) is 21.8. The summed E-state index contributed by atoms with van der Waals surface area (Å²) in [6, 6.07) is 0. The second-order valence-electron chi connectivity index (χ2n) is 13.2. The van der Waals surface area contributed by atoms with E-state index in [4.69, 9.17) is 9.47 Å². The van der Waals surface area contributed by atoms with Crippen LogP contribution in [0.4, 0.5) is 0 Å². The molecule has 0 aromatic carbocycles. The summed E-state index contributed by atoms with van der Waals surface area (Å²) in [4.78, 5) is 0. The van der Waals surface area contributed by atoms with Gasteiger partial charge in [-0.15, -0.1) is 0 Å². The molecule has 6 aliphatic rings. The zero-order valence-corrected chi connectivity index (χ0v) is 20.1. The first-order valence-electron chi connectivity index (χ1n) is 13.4. The van der Waals surface area contributed by atoms with Gasteiger partial charge in [0.1, 0.15) is 0 Å². The summed E-state index contributed by atoms with van der Waals surface area (Å²) >= 11 is 0. The molecule has 4 saturated carbocycles. The molecule has 4 aliphatic carbocycles. The molecule has 0 radical (unpaired) electrons. The zero-order valence-electron chi connectivity index (χ0n) is 20.1. The Morgan fingerprint density at radius 3 is 2.42 bits per heavy atom. The van der Waals surface area contributed by atoms with Crippen LogP contribution in [0.2, 0.25) is 0 Å². The highest BCUT2D eigenvalue weighted by Crippen LogP contribution is 2.71. The van der Waals surface area contributed by atoms with E-state index in [0.29, 0.717) is 59.4 Å². The van der Waals surface area contributed by atoms with Crippen LogP contribution in [0.25, 0.3) is 0 Å². The van der Waals surface area contributed by atoms with E-state index < -0.39 is 0 Å². The molecule has 6 rings (SSSR count). The van der Waals surface area contributed by atoms with Gasteiger partial charge in [-0.05, 0) is 97.7 Å².